The number of aryl methyl sites for hydroxylation is 1. The van der Waals surface area contributed by atoms with E-state index in [0.717, 1.165) is 85.9 Å². The van der Waals surface area contributed by atoms with E-state index in [1.807, 2.05) is 31.3 Å². The van der Waals surface area contributed by atoms with Gasteiger partial charge in [-0.15, -0.1) is 0 Å². The fourth-order valence-electron chi connectivity index (χ4n) is 10.8. The van der Waals surface area contributed by atoms with Crippen molar-refractivity contribution in [3.05, 3.63) is 72.2 Å². The molecule has 1 atom stereocenters. The number of ether oxygens (including phenoxy) is 1. The minimum absolute atomic E-state index is 0.00307. The van der Waals surface area contributed by atoms with E-state index < -0.39 is 24.1 Å². The standard InChI is InChI=1S/C44H49F2N13O4/c1-26-38-31(3-2-4-34(38)59(52-26)35-9-10-37(60)51-43(35)62)28-19-47-57(22-28)30-17-44(18-30)24-54(25-44)21-27-5-7-29(8-6-27)58-23-33(39(53-58)40(45)46)49-42(61)32-20-48-56-12-11-36(50-41(32)56)55-13-15-63-16-14-55/h2-4,11-12,19-20,22-23,27,29-30,35,40H,5-10,13-18,21,24-25H2,1H3,(H,49,61)(H,51,60,62). The van der Waals surface area contributed by atoms with E-state index >= 15 is 0 Å². The van der Waals surface area contributed by atoms with Crippen LogP contribution in [0, 0.1) is 18.3 Å². The molecule has 0 radical (unpaired) electrons. The molecule has 6 aromatic rings. The number of likely N-dealkylation sites (tertiary alicyclic amines) is 1. The second-order valence-electron chi connectivity index (χ2n) is 18.2. The second-order valence-corrected chi connectivity index (χ2v) is 18.2. The Hall–Kier alpha value is -6.08. The molecule has 3 aliphatic heterocycles. The van der Waals surface area contributed by atoms with Crippen LogP contribution in [0.2, 0.25) is 0 Å². The van der Waals surface area contributed by atoms with Gasteiger partial charge < -0.3 is 19.9 Å². The lowest BCUT2D eigenvalue weighted by Gasteiger charge is -2.59. The molecule has 5 aromatic heterocycles. The SMILES string of the molecule is Cc1nn(C2CCC(=O)NC2=O)c2cccc(-c3cnn(C4CC5(C4)CN(CC4CCC(n6cc(NC(=O)c7cnn8ccc(N9CCOCC9)nc78)c(C(F)F)n6)CC4)C5)c3)c12. The average Bonchev–Trinajstić information content (AvgIpc) is 4.07. The maximum absolute atomic E-state index is 14.3. The summed E-state index contributed by atoms with van der Waals surface area (Å²) >= 11 is 0. The zero-order valence-corrected chi connectivity index (χ0v) is 35.0. The zero-order valence-electron chi connectivity index (χ0n) is 35.0. The summed E-state index contributed by atoms with van der Waals surface area (Å²) in [6.45, 7) is 7.68. The number of anilines is 2. The van der Waals surface area contributed by atoms with Crippen molar-refractivity contribution in [3.63, 3.8) is 0 Å². The maximum atomic E-state index is 14.3. The Morgan fingerprint density at radius 3 is 2.56 bits per heavy atom. The van der Waals surface area contributed by atoms with Gasteiger partial charge in [0, 0.05) is 68.7 Å². The number of halogens is 2. The Bertz CT molecular complexity index is 2730. The first-order chi connectivity index (χ1) is 30.6. The number of hydrogen-bond donors (Lipinski definition) is 2. The lowest BCUT2D eigenvalue weighted by atomic mass is 9.60. The number of rotatable bonds is 10. The molecule has 2 saturated carbocycles. The van der Waals surface area contributed by atoms with E-state index in [2.05, 4.69) is 52.6 Å². The number of amides is 3. The smallest absolute Gasteiger partial charge is 0.284 e. The molecule has 2 N–H and O–H groups in total. The predicted octanol–water partition coefficient (Wildman–Crippen LogP) is 5.52. The Balaban J connectivity index is 0.676. The molecule has 63 heavy (non-hydrogen) atoms. The number of carbonyl (C=O) groups is 3. The molecule has 5 fully saturated rings. The number of hydrogen-bond acceptors (Lipinski definition) is 11. The van der Waals surface area contributed by atoms with Gasteiger partial charge in [0.05, 0.1) is 54.6 Å². The third kappa shape index (κ3) is 7.23. The summed E-state index contributed by atoms with van der Waals surface area (Å²) in [5, 5.41) is 24.3. The number of nitrogens with zero attached hydrogens (tertiary/aromatic N) is 11. The fourth-order valence-corrected chi connectivity index (χ4v) is 10.8. The first kappa shape index (κ1) is 39.7. The van der Waals surface area contributed by atoms with Crippen molar-refractivity contribution in [2.45, 2.75) is 82.8 Å². The van der Waals surface area contributed by atoms with E-state index in [1.54, 1.807) is 21.8 Å². The monoisotopic (exact) mass is 861 g/mol. The molecule has 19 heteroatoms. The van der Waals surface area contributed by atoms with Gasteiger partial charge in [-0.05, 0) is 80.9 Å². The van der Waals surface area contributed by atoms with Crippen molar-refractivity contribution >= 4 is 45.8 Å². The van der Waals surface area contributed by atoms with Crippen LogP contribution in [0.1, 0.15) is 97.7 Å². The average molecular weight is 862 g/mol. The van der Waals surface area contributed by atoms with Crippen molar-refractivity contribution in [1.82, 2.24) is 54.2 Å². The van der Waals surface area contributed by atoms with E-state index in [1.165, 1.54) is 10.7 Å². The molecule has 2 aliphatic carbocycles. The quantitative estimate of drug-likeness (QED) is 0.166. The van der Waals surface area contributed by atoms with Gasteiger partial charge in [0.25, 0.3) is 18.2 Å². The molecule has 0 bridgehead atoms. The summed E-state index contributed by atoms with van der Waals surface area (Å²) in [6, 6.07) is 7.67. The Kier molecular flexibility index (Phi) is 9.85. The molecule has 1 unspecified atom stereocenters. The van der Waals surface area contributed by atoms with Gasteiger partial charge in [-0.25, -0.2) is 18.3 Å². The van der Waals surface area contributed by atoms with Gasteiger partial charge in [-0.1, -0.05) is 12.1 Å². The van der Waals surface area contributed by atoms with Crippen LogP contribution >= 0.6 is 0 Å². The van der Waals surface area contributed by atoms with Gasteiger partial charge in [-0.3, -0.25) is 33.7 Å². The largest absolute Gasteiger partial charge is 0.378 e. The molecule has 3 amide bonds. The maximum Gasteiger partial charge on any atom is 0.284 e. The third-order valence-electron chi connectivity index (χ3n) is 14.0. The van der Waals surface area contributed by atoms with Crippen LogP contribution in [0.5, 0.6) is 0 Å². The van der Waals surface area contributed by atoms with E-state index in [9.17, 15) is 23.2 Å². The number of carbonyl (C=O) groups excluding carboxylic acids is 3. The normalized spacial score (nSPS) is 23.1. The molecular formula is C44H49F2N13O4. The molecular weight excluding hydrogens is 813 g/mol. The van der Waals surface area contributed by atoms with Crippen LogP contribution in [0.25, 0.3) is 27.7 Å². The van der Waals surface area contributed by atoms with Crippen LogP contribution in [0.15, 0.2) is 55.2 Å². The summed E-state index contributed by atoms with van der Waals surface area (Å²) in [5.74, 6) is 0.104. The highest BCUT2D eigenvalue weighted by atomic mass is 19.3. The number of aromatic nitrogens is 9. The number of morpholine rings is 1. The second kappa shape index (κ2) is 15.6. The van der Waals surface area contributed by atoms with Gasteiger partial charge in [-0.2, -0.15) is 20.4 Å². The van der Waals surface area contributed by atoms with Gasteiger partial charge in [0.1, 0.15) is 17.4 Å². The summed E-state index contributed by atoms with van der Waals surface area (Å²) in [5.41, 5.74) is 4.16. The molecule has 8 heterocycles. The highest BCUT2D eigenvalue weighted by Crippen LogP contribution is 2.54. The van der Waals surface area contributed by atoms with Crippen molar-refractivity contribution in [1.29, 1.82) is 0 Å². The van der Waals surface area contributed by atoms with Crippen molar-refractivity contribution in [2.24, 2.45) is 11.3 Å². The molecule has 1 aromatic carbocycles. The van der Waals surface area contributed by atoms with Crippen LogP contribution < -0.4 is 15.5 Å². The highest BCUT2D eigenvalue weighted by molar-refractivity contribution is 6.08. The van der Waals surface area contributed by atoms with E-state index in [0.29, 0.717) is 68.0 Å². The topological polar surface area (TPSA) is 175 Å². The van der Waals surface area contributed by atoms with Crippen LogP contribution in [0.3, 0.4) is 0 Å². The number of fused-ring (bicyclic) bond motifs is 2. The van der Waals surface area contributed by atoms with Crippen molar-refractivity contribution < 1.29 is 27.9 Å². The zero-order chi connectivity index (χ0) is 43.0. The summed E-state index contributed by atoms with van der Waals surface area (Å²) < 4.78 is 41.0. The Labute approximate surface area is 360 Å². The minimum Gasteiger partial charge on any atom is -0.378 e. The lowest BCUT2D eigenvalue weighted by Crippen LogP contribution is -2.63. The van der Waals surface area contributed by atoms with Crippen LogP contribution in [0.4, 0.5) is 20.3 Å². The van der Waals surface area contributed by atoms with Crippen LogP contribution in [-0.2, 0) is 14.3 Å². The summed E-state index contributed by atoms with van der Waals surface area (Å²) in [6.07, 6.45) is 12.4. The predicted molar refractivity (Wildman–Crippen MR) is 226 cm³/mol. The van der Waals surface area contributed by atoms with Crippen molar-refractivity contribution in [3.8, 4) is 11.1 Å². The first-order valence-electron chi connectivity index (χ1n) is 22.0. The highest BCUT2D eigenvalue weighted by Gasteiger charge is 2.53. The van der Waals surface area contributed by atoms with E-state index in [4.69, 9.17) is 14.9 Å². The number of imide groups is 1. The number of nitrogens with one attached hydrogen (secondary N) is 2. The Morgan fingerprint density at radius 1 is 0.968 bits per heavy atom. The van der Waals surface area contributed by atoms with Gasteiger partial charge in [0.2, 0.25) is 5.91 Å². The summed E-state index contributed by atoms with van der Waals surface area (Å²) in [4.78, 5) is 47.3. The third-order valence-corrected chi connectivity index (χ3v) is 14.0. The number of piperidine rings is 1. The molecule has 328 valence electrons. The molecule has 17 nitrogen and oxygen atoms in total. The number of benzene rings is 1. The van der Waals surface area contributed by atoms with Gasteiger partial charge in [0.15, 0.2) is 11.3 Å². The van der Waals surface area contributed by atoms with Crippen molar-refractivity contribution in [2.75, 3.05) is 56.2 Å². The molecule has 11 rings (SSSR count). The molecule has 3 saturated heterocycles. The fraction of sp³-hybridized carbons (Fsp3) is 0.500. The number of alkyl halides is 2. The van der Waals surface area contributed by atoms with Gasteiger partial charge >= 0.3 is 0 Å². The summed E-state index contributed by atoms with van der Waals surface area (Å²) in [7, 11) is 0. The minimum atomic E-state index is -2.85. The molecule has 5 aliphatic rings. The Morgan fingerprint density at radius 2 is 1.78 bits per heavy atom. The lowest BCUT2D eigenvalue weighted by molar-refractivity contribution is -0.135. The molecule has 1 spiro atoms. The van der Waals surface area contributed by atoms with Crippen LogP contribution in [-0.4, -0.2) is 112 Å². The van der Waals surface area contributed by atoms with E-state index in [-0.39, 0.29) is 29.1 Å². The first-order valence-corrected chi connectivity index (χ1v) is 22.0.